The van der Waals surface area contributed by atoms with E-state index in [-0.39, 0.29) is 19.0 Å². The number of H-pyrrole nitrogens is 1. The summed E-state index contributed by atoms with van der Waals surface area (Å²) in [6, 6.07) is 16.2. The third-order valence-electron chi connectivity index (χ3n) is 6.54. The minimum atomic E-state index is -5.10. The van der Waals surface area contributed by atoms with E-state index in [0.29, 0.717) is 12.1 Å². The number of aromatic nitrogens is 1. The number of likely N-dealkylation sites (N-methyl/N-ethyl adjacent to an activating group) is 1. The third-order valence-corrected chi connectivity index (χ3v) is 6.54. The van der Waals surface area contributed by atoms with Crippen LogP contribution in [0.4, 0.5) is 26.3 Å². The Hall–Kier alpha value is -4.54. The van der Waals surface area contributed by atoms with Crippen LogP contribution in [0.1, 0.15) is 32.6 Å². The highest BCUT2D eigenvalue weighted by Crippen LogP contribution is 2.36. The predicted octanol–water partition coefficient (Wildman–Crippen LogP) is 6.76. The zero-order valence-electron chi connectivity index (χ0n) is 21.7. The predicted molar refractivity (Wildman–Crippen MR) is 142 cm³/mol. The smallest absolute Gasteiger partial charge is 0.361 e. The molecule has 4 rings (SSSR count). The molecule has 0 aliphatic rings. The Morgan fingerprint density at radius 1 is 0.902 bits per heavy atom. The number of hydrogen-bond acceptors (Lipinski definition) is 2. The monoisotopic (exact) mass is 573 g/mol. The molecule has 0 saturated carbocycles. The lowest BCUT2D eigenvalue weighted by molar-refractivity contribution is -0.143. The van der Waals surface area contributed by atoms with Crippen LogP contribution in [0, 0.1) is 0 Å². The van der Waals surface area contributed by atoms with Crippen molar-refractivity contribution in [3.63, 3.8) is 0 Å². The molecule has 11 heteroatoms. The molecular formula is C30H25F6N3O2. The number of halogens is 6. The first-order valence-electron chi connectivity index (χ1n) is 12.4. The van der Waals surface area contributed by atoms with Crippen LogP contribution in [0.2, 0.25) is 0 Å². The van der Waals surface area contributed by atoms with Crippen molar-refractivity contribution in [2.24, 2.45) is 0 Å². The minimum absolute atomic E-state index is 0.0306. The number of benzene rings is 3. The van der Waals surface area contributed by atoms with Gasteiger partial charge in [0.1, 0.15) is 0 Å². The standard InChI is InChI=1S/C30H25F6N3O2/c1-39(28(41)20-13-22(29(31,32)33)16-23(14-20)30(34,35)36)24(15-21-18-37-26-10-6-5-9-25(21)26)11-12-27(40)38-17-19-7-3-2-4-8-19/h2-14,16,18,24,37H,15,17H2,1H3,(H,38,40). The van der Waals surface area contributed by atoms with E-state index in [1.165, 1.54) is 19.2 Å². The molecule has 0 aliphatic heterocycles. The summed E-state index contributed by atoms with van der Waals surface area (Å²) in [7, 11) is 1.27. The maximum Gasteiger partial charge on any atom is 0.416 e. The highest BCUT2D eigenvalue weighted by Gasteiger charge is 2.38. The van der Waals surface area contributed by atoms with Crippen molar-refractivity contribution in [1.82, 2.24) is 15.2 Å². The number of fused-ring (bicyclic) bond motifs is 1. The summed E-state index contributed by atoms with van der Waals surface area (Å²) >= 11 is 0. The molecule has 1 aromatic heterocycles. The molecule has 4 aromatic rings. The molecule has 0 fully saturated rings. The lowest BCUT2D eigenvalue weighted by Crippen LogP contribution is -2.38. The zero-order chi connectivity index (χ0) is 29.8. The second-order valence-corrected chi connectivity index (χ2v) is 9.40. The van der Waals surface area contributed by atoms with Crippen LogP contribution < -0.4 is 5.32 Å². The van der Waals surface area contributed by atoms with Gasteiger partial charge in [-0.05, 0) is 41.8 Å². The van der Waals surface area contributed by atoms with Crippen molar-refractivity contribution in [3.05, 3.63) is 119 Å². The Morgan fingerprint density at radius 2 is 1.51 bits per heavy atom. The van der Waals surface area contributed by atoms with Gasteiger partial charge >= 0.3 is 12.4 Å². The summed E-state index contributed by atoms with van der Waals surface area (Å²) < 4.78 is 80.5. The lowest BCUT2D eigenvalue weighted by atomic mass is 10.0. The number of nitrogens with one attached hydrogen (secondary N) is 2. The Bertz CT molecular complexity index is 1530. The van der Waals surface area contributed by atoms with Crippen LogP contribution in [0.3, 0.4) is 0 Å². The third kappa shape index (κ3) is 7.36. The fourth-order valence-corrected chi connectivity index (χ4v) is 4.33. The number of carbonyl (C=O) groups is 2. The van der Waals surface area contributed by atoms with E-state index < -0.39 is 46.9 Å². The molecule has 1 heterocycles. The number of hydrogen-bond donors (Lipinski definition) is 2. The molecule has 1 unspecified atom stereocenters. The molecule has 0 radical (unpaired) electrons. The number of alkyl halides is 6. The molecule has 0 saturated heterocycles. The molecule has 3 aromatic carbocycles. The second-order valence-electron chi connectivity index (χ2n) is 9.40. The van der Waals surface area contributed by atoms with Crippen molar-refractivity contribution in [2.75, 3.05) is 7.05 Å². The Labute approximate surface area is 231 Å². The first-order chi connectivity index (χ1) is 19.3. The van der Waals surface area contributed by atoms with E-state index in [1.807, 2.05) is 48.5 Å². The molecule has 1 atom stereocenters. The Kier molecular flexibility index (Phi) is 8.55. The van der Waals surface area contributed by atoms with Crippen LogP contribution in [-0.2, 0) is 30.1 Å². The van der Waals surface area contributed by atoms with Gasteiger partial charge in [0.2, 0.25) is 5.91 Å². The largest absolute Gasteiger partial charge is 0.416 e. The number of para-hydroxylation sites is 1. The van der Waals surface area contributed by atoms with Gasteiger partial charge in [-0.1, -0.05) is 54.6 Å². The first kappa shape index (κ1) is 29.4. The molecule has 5 nitrogen and oxygen atoms in total. The number of rotatable bonds is 8. The summed E-state index contributed by atoms with van der Waals surface area (Å²) in [5, 5.41) is 3.52. The number of aromatic amines is 1. The fourth-order valence-electron chi connectivity index (χ4n) is 4.33. The molecule has 2 amide bonds. The molecule has 0 aliphatic carbocycles. The van der Waals surface area contributed by atoms with Gasteiger partial charge in [0.25, 0.3) is 5.91 Å². The van der Waals surface area contributed by atoms with Crippen LogP contribution in [0.15, 0.2) is 91.1 Å². The van der Waals surface area contributed by atoms with Crippen LogP contribution in [0.25, 0.3) is 10.9 Å². The van der Waals surface area contributed by atoms with E-state index in [1.54, 1.807) is 12.3 Å². The first-order valence-corrected chi connectivity index (χ1v) is 12.4. The van der Waals surface area contributed by atoms with Crippen molar-refractivity contribution < 1.29 is 35.9 Å². The maximum atomic E-state index is 13.4. The quantitative estimate of drug-likeness (QED) is 0.181. The molecular weight excluding hydrogens is 548 g/mol. The molecule has 41 heavy (non-hydrogen) atoms. The molecule has 214 valence electrons. The average molecular weight is 574 g/mol. The van der Waals surface area contributed by atoms with Gasteiger partial charge in [-0.3, -0.25) is 9.59 Å². The average Bonchev–Trinajstić information content (AvgIpc) is 3.35. The summed E-state index contributed by atoms with van der Waals surface area (Å²) in [6.07, 6.45) is -5.78. The summed E-state index contributed by atoms with van der Waals surface area (Å²) in [5.41, 5.74) is -1.57. The van der Waals surface area contributed by atoms with Gasteiger partial charge < -0.3 is 15.2 Å². The molecule has 2 N–H and O–H groups in total. The van der Waals surface area contributed by atoms with Crippen LogP contribution in [-0.4, -0.2) is 34.8 Å². The normalized spacial score (nSPS) is 13.0. The van der Waals surface area contributed by atoms with Gasteiger partial charge in [-0.25, -0.2) is 0 Å². The van der Waals surface area contributed by atoms with Crippen LogP contribution in [0.5, 0.6) is 0 Å². The highest BCUT2D eigenvalue weighted by atomic mass is 19.4. The van der Waals surface area contributed by atoms with Crippen molar-refractivity contribution in [3.8, 4) is 0 Å². The number of carbonyl (C=O) groups excluding carboxylic acids is 2. The molecule has 0 spiro atoms. The van der Waals surface area contributed by atoms with Gasteiger partial charge in [-0.2, -0.15) is 26.3 Å². The van der Waals surface area contributed by atoms with E-state index in [4.69, 9.17) is 0 Å². The highest BCUT2D eigenvalue weighted by molar-refractivity contribution is 5.95. The van der Waals surface area contributed by atoms with Crippen LogP contribution >= 0.6 is 0 Å². The van der Waals surface area contributed by atoms with E-state index in [0.717, 1.165) is 26.9 Å². The van der Waals surface area contributed by atoms with Gasteiger partial charge in [0.15, 0.2) is 0 Å². The number of nitrogens with zero attached hydrogens (tertiary/aromatic N) is 1. The summed E-state index contributed by atoms with van der Waals surface area (Å²) in [6.45, 7) is 0.232. The van der Waals surface area contributed by atoms with Gasteiger partial charge in [0, 0.05) is 42.3 Å². The minimum Gasteiger partial charge on any atom is -0.361 e. The lowest BCUT2D eigenvalue weighted by Gasteiger charge is -2.27. The van der Waals surface area contributed by atoms with Gasteiger partial charge in [0.05, 0.1) is 17.2 Å². The second kappa shape index (κ2) is 11.9. The maximum absolute atomic E-state index is 13.4. The van der Waals surface area contributed by atoms with E-state index in [9.17, 15) is 35.9 Å². The van der Waals surface area contributed by atoms with Crippen molar-refractivity contribution >= 4 is 22.7 Å². The van der Waals surface area contributed by atoms with Crippen molar-refractivity contribution in [2.45, 2.75) is 31.4 Å². The Balaban J connectivity index is 1.64. The fraction of sp³-hybridized carbons (Fsp3) is 0.200. The SMILES string of the molecule is CN(C(=O)c1cc(C(F)(F)F)cc(C(F)(F)F)c1)C(C=CC(=O)NCc1ccccc1)Cc1c[nH]c2ccccc12. The van der Waals surface area contributed by atoms with E-state index >= 15 is 0 Å². The summed E-state index contributed by atoms with van der Waals surface area (Å²) in [4.78, 5) is 30.0. The molecule has 0 bridgehead atoms. The zero-order valence-corrected chi connectivity index (χ0v) is 21.7. The topological polar surface area (TPSA) is 65.2 Å². The summed E-state index contributed by atoms with van der Waals surface area (Å²) in [5.74, 6) is -1.56. The van der Waals surface area contributed by atoms with E-state index in [2.05, 4.69) is 10.3 Å². The Morgan fingerprint density at radius 3 is 2.15 bits per heavy atom. The van der Waals surface area contributed by atoms with Crippen molar-refractivity contribution in [1.29, 1.82) is 0 Å². The van der Waals surface area contributed by atoms with Gasteiger partial charge in [-0.15, -0.1) is 0 Å². The number of amides is 2.